The third kappa shape index (κ3) is 1.85. The van der Waals surface area contributed by atoms with Gasteiger partial charge in [-0.3, -0.25) is 4.90 Å². The summed E-state index contributed by atoms with van der Waals surface area (Å²) in [6.07, 6.45) is 1.59. The van der Waals surface area contributed by atoms with Gasteiger partial charge in [-0.05, 0) is 26.7 Å². The van der Waals surface area contributed by atoms with Crippen LogP contribution in [0.3, 0.4) is 0 Å². The van der Waals surface area contributed by atoms with Gasteiger partial charge in [-0.2, -0.15) is 5.26 Å². The van der Waals surface area contributed by atoms with Crippen molar-refractivity contribution < 1.29 is 8.42 Å². The first-order chi connectivity index (χ1) is 7.37. The largest absolute Gasteiger partial charge is 0.293 e. The van der Waals surface area contributed by atoms with Crippen LogP contribution in [0, 0.1) is 17.2 Å². The second kappa shape index (κ2) is 3.71. The van der Waals surface area contributed by atoms with Gasteiger partial charge in [0.2, 0.25) is 0 Å². The second-order valence-corrected chi connectivity index (χ2v) is 7.60. The van der Waals surface area contributed by atoms with Crippen LogP contribution in [0.5, 0.6) is 0 Å². The van der Waals surface area contributed by atoms with Crippen molar-refractivity contribution in [1.82, 2.24) is 4.90 Å². The van der Waals surface area contributed by atoms with E-state index < -0.39 is 9.84 Å². The first kappa shape index (κ1) is 11.9. The number of hydrogen-bond donors (Lipinski definition) is 0. The van der Waals surface area contributed by atoms with Crippen LogP contribution >= 0.6 is 0 Å². The molecule has 0 N–H and O–H groups in total. The predicted octanol–water partition coefficient (Wildman–Crippen LogP) is 0.798. The zero-order valence-electron chi connectivity index (χ0n) is 9.81. The summed E-state index contributed by atoms with van der Waals surface area (Å²) in [5.74, 6) is 0.603. The van der Waals surface area contributed by atoms with Crippen molar-refractivity contribution in [1.29, 1.82) is 5.26 Å². The summed E-state index contributed by atoms with van der Waals surface area (Å²) in [4.78, 5) is 2.23. The maximum absolute atomic E-state index is 11.5. The van der Waals surface area contributed by atoms with E-state index in [0.29, 0.717) is 5.75 Å². The van der Waals surface area contributed by atoms with Crippen molar-refractivity contribution in [2.24, 2.45) is 5.92 Å². The van der Waals surface area contributed by atoms with E-state index in [1.165, 1.54) is 0 Å². The molecule has 5 heteroatoms. The Morgan fingerprint density at radius 2 is 2.06 bits per heavy atom. The Kier molecular flexibility index (Phi) is 2.75. The summed E-state index contributed by atoms with van der Waals surface area (Å²) in [5, 5.41) is 9.07. The van der Waals surface area contributed by atoms with Crippen LogP contribution in [-0.2, 0) is 9.84 Å². The molecule has 0 radical (unpaired) electrons. The van der Waals surface area contributed by atoms with E-state index in [-0.39, 0.29) is 23.3 Å². The Balaban J connectivity index is 2.16. The number of likely N-dealkylation sites (tertiary alicyclic amines) is 1. The van der Waals surface area contributed by atoms with E-state index in [9.17, 15) is 8.42 Å². The molecule has 2 fully saturated rings. The van der Waals surface area contributed by atoms with Gasteiger partial charge in [0.15, 0.2) is 9.84 Å². The SMILES string of the molecule is CC1(C)C(C#N)CCN1C1CCS(=O)(=O)C1. The minimum absolute atomic E-state index is 0.0239. The van der Waals surface area contributed by atoms with Gasteiger partial charge in [0, 0.05) is 18.1 Å². The number of nitrogens with zero attached hydrogens (tertiary/aromatic N) is 2. The normalized spacial score (nSPS) is 37.3. The van der Waals surface area contributed by atoms with E-state index in [1.807, 2.05) is 0 Å². The van der Waals surface area contributed by atoms with Crippen LogP contribution in [0.1, 0.15) is 26.7 Å². The summed E-state index contributed by atoms with van der Waals surface area (Å²) in [6.45, 7) is 4.96. The molecule has 2 aliphatic rings. The lowest BCUT2D eigenvalue weighted by Crippen LogP contribution is -2.48. The van der Waals surface area contributed by atoms with Crippen molar-refractivity contribution >= 4 is 9.84 Å². The Hall–Kier alpha value is -0.600. The predicted molar refractivity (Wildman–Crippen MR) is 61.6 cm³/mol. The number of sulfone groups is 1. The van der Waals surface area contributed by atoms with Crippen LogP contribution in [0.15, 0.2) is 0 Å². The summed E-state index contributed by atoms with van der Waals surface area (Å²) in [6, 6.07) is 2.46. The standard InChI is InChI=1S/C11H18N2O2S/c1-11(2)9(7-12)3-5-13(11)10-4-6-16(14,15)8-10/h9-10H,3-6,8H2,1-2H3. The second-order valence-electron chi connectivity index (χ2n) is 5.37. The summed E-state index contributed by atoms with van der Waals surface area (Å²) in [7, 11) is -2.83. The fourth-order valence-electron chi connectivity index (χ4n) is 3.01. The zero-order chi connectivity index (χ0) is 12.0. The third-order valence-corrected chi connectivity index (χ3v) is 5.81. The molecule has 2 unspecified atom stereocenters. The smallest absolute Gasteiger partial charge is 0.151 e. The molecule has 2 rings (SSSR count). The van der Waals surface area contributed by atoms with Crippen molar-refractivity contribution in [3.8, 4) is 6.07 Å². The molecule has 2 heterocycles. The topological polar surface area (TPSA) is 61.2 Å². The number of rotatable bonds is 1. The Morgan fingerprint density at radius 1 is 1.38 bits per heavy atom. The van der Waals surface area contributed by atoms with Gasteiger partial charge in [0.05, 0.1) is 23.5 Å². The molecule has 90 valence electrons. The maximum atomic E-state index is 11.5. The zero-order valence-corrected chi connectivity index (χ0v) is 10.6. The summed E-state index contributed by atoms with van der Waals surface area (Å²) < 4.78 is 22.9. The quantitative estimate of drug-likeness (QED) is 0.682. The van der Waals surface area contributed by atoms with Gasteiger partial charge in [0.25, 0.3) is 0 Å². The van der Waals surface area contributed by atoms with Gasteiger partial charge in [-0.15, -0.1) is 0 Å². The minimum atomic E-state index is -2.83. The molecule has 0 spiro atoms. The van der Waals surface area contributed by atoms with Crippen LogP contribution in [0.25, 0.3) is 0 Å². The summed E-state index contributed by atoms with van der Waals surface area (Å²) >= 11 is 0. The first-order valence-corrected chi connectivity index (χ1v) is 7.56. The highest BCUT2D eigenvalue weighted by atomic mass is 32.2. The summed E-state index contributed by atoms with van der Waals surface area (Å²) in [5.41, 5.74) is -0.181. The van der Waals surface area contributed by atoms with Gasteiger partial charge in [0.1, 0.15) is 0 Å². The highest BCUT2D eigenvalue weighted by Gasteiger charge is 2.46. The van der Waals surface area contributed by atoms with E-state index in [4.69, 9.17) is 5.26 Å². The van der Waals surface area contributed by atoms with E-state index in [2.05, 4.69) is 24.8 Å². The Labute approximate surface area is 97.2 Å². The molecule has 2 aliphatic heterocycles. The highest BCUT2D eigenvalue weighted by molar-refractivity contribution is 7.91. The molecule has 16 heavy (non-hydrogen) atoms. The molecular weight excluding hydrogens is 224 g/mol. The van der Waals surface area contributed by atoms with Crippen LogP contribution in [-0.4, -0.2) is 42.9 Å². The molecule has 0 saturated carbocycles. The molecule has 0 aromatic heterocycles. The molecular formula is C11H18N2O2S. The molecule has 4 nitrogen and oxygen atoms in total. The van der Waals surface area contributed by atoms with Crippen molar-refractivity contribution in [3.63, 3.8) is 0 Å². The van der Waals surface area contributed by atoms with E-state index in [1.54, 1.807) is 0 Å². The van der Waals surface area contributed by atoms with E-state index >= 15 is 0 Å². The van der Waals surface area contributed by atoms with E-state index in [0.717, 1.165) is 19.4 Å². The average molecular weight is 242 g/mol. The van der Waals surface area contributed by atoms with Gasteiger partial charge in [-0.1, -0.05) is 0 Å². The van der Waals surface area contributed by atoms with Gasteiger partial charge >= 0.3 is 0 Å². The fourth-order valence-corrected chi connectivity index (χ4v) is 4.74. The molecule has 2 saturated heterocycles. The molecule has 0 bridgehead atoms. The highest BCUT2D eigenvalue weighted by Crippen LogP contribution is 2.37. The molecule has 0 amide bonds. The van der Waals surface area contributed by atoms with Crippen LogP contribution < -0.4 is 0 Å². The van der Waals surface area contributed by atoms with Gasteiger partial charge in [-0.25, -0.2) is 8.42 Å². The lowest BCUT2D eigenvalue weighted by atomic mass is 9.89. The average Bonchev–Trinajstić information content (AvgIpc) is 2.65. The third-order valence-electron chi connectivity index (χ3n) is 4.06. The maximum Gasteiger partial charge on any atom is 0.151 e. The van der Waals surface area contributed by atoms with Crippen molar-refractivity contribution in [2.45, 2.75) is 38.3 Å². The number of hydrogen-bond acceptors (Lipinski definition) is 4. The van der Waals surface area contributed by atoms with Gasteiger partial charge < -0.3 is 0 Å². The first-order valence-electron chi connectivity index (χ1n) is 5.73. The van der Waals surface area contributed by atoms with Crippen molar-refractivity contribution in [2.75, 3.05) is 18.1 Å². The monoisotopic (exact) mass is 242 g/mol. The lowest BCUT2D eigenvalue weighted by Gasteiger charge is -2.37. The van der Waals surface area contributed by atoms with Crippen molar-refractivity contribution in [3.05, 3.63) is 0 Å². The molecule has 0 aromatic rings. The molecule has 0 aromatic carbocycles. The van der Waals surface area contributed by atoms with Crippen LogP contribution in [0.2, 0.25) is 0 Å². The van der Waals surface area contributed by atoms with Crippen LogP contribution in [0.4, 0.5) is 0 Å². The Morgan fingerprint density at radius 3 is 2.50 bits per heavy atom. The molecule has 0 aliphatic carbocycles. The number of nitriles is 1. The minimum Gasteiger partial charge on any atom is -0.293 e. The molecule has 2 atom stereocenters. The lowest BCUT2D eigenvalue weighted by molar-refractivity contribution is 0.113. The Bertz CT molecular complexity index is 422. The fraction of sp³-hybridized carbons (Fsp3) is 0.909.